The van der Waals surface area contributed by atoms with Crippen molar-refractivity contribution in [1.29, 1.82) is 0 Å². The predicted molar refractivity (Wildman–Crippen MR) is 67.3 cm³/mol. The molecule has 0 radical (unpaired) electrons. The highest BCUT2D eigenvalue weighted by Crippen LogP contribution is 2.43. The lowest BCUT2D eigenvalue weighted by atomic mass is 9.87. The molecule has 1 saturated carbocycles. The molecule has 1 aliphatic carbocycles. The van der Waals surface area contributed by atoms with Crippen molar-refractivity contribution in [3.8, 4) is 0 Å². The maximum Gasteiger partial charge on any atom is 0.303 e. The number of carbonyl (C=O) groups is 1. The van der Waals surface area contributed by atoms with Crippen molar-refractivity contribution in [3.63, 3.8) is 0 Å². The summed E-state index contributed by atoms with van der Waals surface area (Å²) in [6, 6.07) is 1.42. The second-order valence-corrected chi connectivity index (χ2v) is 6.33. The molecule has 0 aromatic carbocycles. The molecule has 4 atom stereocenters. The minimum Gasteiger partial charge on any atom is -0.481 e. The Bertz CT molecular complexity index is 319. The molecule has 0 spiro atoms. The van der Waals surface area contributed by atoms with Gasteiger partial charge in [0.2, 0.25) is 0 Å². The number of aliphatic hydroxyl groups excluding tert-OH is 1. The van der Waals surface area contributed by atoms with E-state index in [9.17, 15) is 9.90 Å². The van der Waals surface area contributed by atoms with Gasteiger partial charge in [0, 0.05) is 24.5 Å². The topological polar surface area (TPSA) is 60.8 Å². The lowest BCUT2D eigenvalue weighted by molar-refractivity contribution is -0.138. The first-order valence-electron chi connectivity index (χ1n) is 7.32. The Labute approximate surface area is 108 Å². The van der Waals surface area contributed by atoms with Crippen LogP contribution in [-0.4, -0.2) is 45.3 Å². The third-order valence-corrected chi connectivity index (χ3v) is 5.18. The maximum atomic E-state index is 10.8. The molecule has 2 heterocycles. The number of hydrogen-bond donors (Lipinski definition) is 2. The molecule has 18 heavy (non-hydrogen) atoms. The van der Waals surface area contributed by atoms with Crippen LogP contribution in [0.1, 0.15) is 51.4 Å². The zero-order valence-electron chi connectivity index (χ0n) is 10.8. The fourth-order valence-electron chi connectivity index (χ4n) is 4.55. The van der Waals surface area contributed by atoms with Gasteiger partial charge in [-0.05, 0) is 50.9 Å². The molecular formula is C14H23NO3. The Morgan fingerprint density at radius 1 is 1.11 bits per heavy atom. The van der Waals surface area contributed by atoms with Crippen LogP contribution in [-0.2, 0) is 4.79 Å². The summed E-state index contributed by atoms with van der Waals surface area (Å²) in [5, 5.41) is 19.0. The van der Waals surface area contributed by atoms with Crippen molar-refractivity contribution >= 4 is 5.97 Å². The number of nitrogens with zero attached hydrogens (tertiary/aromatic N) is 1. The Kier molecular flexibility index (Phi) is 3.32. The van der Waals surface area contributed by atoms with Gasteiger partial charge in [-0.3, -0.25) is 9.69 Å². The summed E-state index contributed by atoms with van der Waals surface area (Å²) >= 11 is 0. The third-order valence-electron chi connectivity index (χ3n) is 5.18. The van der Waals surface area contributed by atoms with Crippen LogP contribution in [0.3, 0.4) is 0 Å². The smallest absolute Gasteiger partial charge is 0.303 e. The van der Waals surface area contributed by atoms with E-state index in [0.29, 0.717) is 30.5 Å². The second kappa shape index (κ2) is 4.82. The third kappa shape index (κ3) is 2.16. The van der Waals surface area contributed by atoms with Crippen LogP contribution in [0.25, 0.3) is 0 Å². The molecule has 2 saturated heterocycles. The van der Waals surface area contributed by atoms with Crippen LogP contribution in [0.5, 0.6) is 0 Å². The lowest BCUT2D eigenvalue weighted by Gasteiger charge is -2.43. The standard InChI is InChI=1S/C14H23NO3/c16-13-3-1-2-12(13)15-10-4-5-11(15)7-9(6-10)8-14(17)18/h9-13,16H,1-8H2,(H,17,18). The first-order chi connectivity index (χ1) is 8.65. The summed E-state index contributed by atoms with van der Waals surface area (Å²) in [7, 11) is 0. The molecule has 0 amide bonds. The van der Waals surface area contributed by atoms with E-state index in [0.717, 1.165) is 32.1 Å². The molecule has 4 nitrogen and oxygen atoms in total. The van der Waals surface area contributed by atoms with Crippen molar-refractivity contribution in [1.82, 2.24) is 4.90 Å². The summed E-state index contributed by atoms with van der Waals surface area (Å²) in [6.45, 7) is 0. The highest BCUT2D eigenvalue weighted by molar-refractivity contribution is 5.67. The number of fused-ring (bicyclic) bond motifs is 2. The Morgan fingerprint density at radius 2 is 1.78 bits per heavy atom. The Balaban J connectivity index is 1.67. The second-order valence-electron chi connectivity index (χ2n) is 6.33. The molecule has 102 valence electrons. The van der Waals surface area contributed by atoms with Gasteiger partial charge in [-0.1, -0.05) is 0 Å². The summed E-state index contributed by atoms with van der Waals surface area (Å²) in [5.74, 6) is -0.302. The van der Waals surface area contributed by atoms with E-state index in [1.807, 2.05) is 0 Å². The van der Waals surface area contributed by atoms with Crippen molar-refractivity contribution in [2.75, 3.05) is 0 Å². The summed E-state index contributed by atoms with van der Waals surface area (Å²) in [5.41, 5.74) is 0. The van der Waals surface area contributed by atoms with Gasteiger partial charge in [0.25, 0.3) is 0 Å². The fraction of sp³-hybridized carbons (Fsp3) is 0.929. The lowest BCUT2D eigenvalue weighted by Crippen LogP contribution is -2.51. The molecule has 2 aliphatic heterocycles. The van der Waals surface area contributed by atoms with Crippen LogP contribution < -0.4 is 0 Å². The molecule has 4 heteroatoms. The van der Waals surface area contributed by atoms with Crippen LogP contribution in [0, 0.1) is 5.92 Å². The number of piperidine rings is 1. The van der Waals surface area contributed by atoms with Gasteiger partial charge in [0.1, 0.15) is 0 Å². The van der Waals surface area contributed by atoms with Gasteiger partial charge in [-0.15, -0.1) is 0 Å². The number of aliphatic carboxylic acids is 1. The molecule has 3 aliphatic rings. The van der Waals surface area contributed by atoms with E-state index >= 15 is 0 Å². The van der Waals surface area contributed by atoms with Crippen molar-refractivity contribution in [2.45, 2.75) is 75.6 Å². The van der Waals surface area contributed by atoms with Gasteiger partial charge in [-0.2, -0.15) is 0 Å². The Morgan fingerprint density at radius 3 is 2.28 bits per heavy atom. The van der Waals surface area contributed by atoms with Gasteiger partial charge in [-0.25, -0.2) is 0 Å². The highest BCUT2D eigenvalue weighted by Gasteiger charge is 2.46. The van der Waals surface area contributed by atoms with Crippen molar-refractivity contribution in [2.24, 2.45) is 5.92 Å². The number of carboxylic acids is 1. The first-order valence-corrected chi connectivity index (χ1v) is 7.32. The van der Waals surface area contributed by atoms with E-state index in [-0.39, 0.29) is 6.10 Å². The number of carboxylic acid groups (broad SMARTS) is 1. The van der Waals surface area contributed by atoms with Gasteiger partial charge in [0.15, 0.2) is 0 Å². The van der Waals surface area contributed by atoms with Gasteiger partial charge < -0.3 is 10.2 Å². The summed E-state index contributed by atoms with van der Waals surface area (Å²) < 4.78 is 0. The molecule has 0 aromatic rings. The van der Waals surface area contributed by atoms with Gasteiger partial charge >= 0.3 is 5.97 Å². The minimum absolute atomic E-state index is 0.149. The average molecular weight is 253 g/mol. The van der Waals surface area contributed by atoms with E-state index < -0.39 is 5.97 Å². The fourth-order valence-corrected chi connectivity index (χ4v) is 4.55. The summed E-state index contributed by atoms with van der Waals surface area (Å²) in [6.07, 6.45) is 7.82. The van der Waals surface area contributed by atoms with E-state index in [1.54, 1.807) is 0 Å². The van der Waals surface area contributed by atoms with E-state index in [2.05, 4.69) is 4.90 Å². The molecule has 4 unspecified atom stereocenters. The molecule has 0 aromatic heterocycles. The van der Waals surface area contributed by atoms with Crippen LogP contribution in [0.15, 0.2) is 0 Å². The van der Waals surface area contributed by atoms with E-state index in [4.69, 9.17) is 5.11 Å². The van der Waals surface area contributed by atoms with Gasteiger partial charge in [0.05, 0.1) is 6.10 Å². The minimum atomic E-state index is -0.659. The molecule has 2 N–H and O–H groups in total. The first kappa shape index (κ1) is 12.4. The molecule has 2 bridgehead atoms. The zero-order chi connectivity index (χ0) is 12.7. The van der Waals surface area contributed by atoms with E-state index in [1.165, 1.54) is 12.8 Å². The quantitative estimate of drug-likeness (QED) is 0.802. The number of aliphatic hydroxyl groups is 1. The normalized spacial score (nSPS) is 44.4. The van der Waals surface area contributed by atoms with Crippen molar-refractivity contribution < 1.29 is 15.0 Å². The molecule has 3 rings (SSSR count). The molecular weight excluding hydrogens is 230 g/mol. The SMILES string of the molecule is O=C(O)CC1CC2CCC(C1)N2C1CCCC1O. The predicted octanol–water partition coefficient (Wildman–Crippen LogP) is 1.62. The summed E-state index contributed by atoms with van der Waals surface area (Å²) in [4.78, 5) is 13.4. The van der Waals surface area contributed by atoms with Crippen LogP contribution in [0.4, 0.5) is 0 Å². The van der Waals surface area contributed by atoms with Crippen molar-refractivity contribution in [3.05, 3.63) is 0 Å². The zero-order valence-corrected chi connectivity index (χ0v) is 10.8. The Hall–Kier alpha value is -0.610. The highest BCUT2D eigenvalue weighted by atomic mass is 16.4. The largest absolute Gasteiger partial charge is 0.481 e. The monoisotopic (exact) mass is 253 g/mol. The maximum absolute atomic E-state index is 10.8. The van der Waals surface area contributed by atoms with Crippen LogP contribution in [0.2, 0.25) is 0 Å². The number of rotatable bonds is 3. The average Bonchev–Trinajstić information content (AvgIpc) is 2.80. The number of hydrogen-bond acceptors (Lipinski definition) is 3. The molecule has 3 fully saturated rings. The van der Waals surface area contributed by atoms with Crippen LogP contribution >= 0.6 is 0 Å².